The molecule has 2 atom stereocenters. The van der Waals surface area contributed by atoms with Gasteiger partial charge in [-0.2, -0.15) is 0 Å². The molecule has 3 heteroatoms. The van der Waals surface area contributed by atoms with Gasteiger partial charge in [-0.1, -0.05) is 25.8 Å². The molecule has 2 rings (SSSR count). The van der Waals surface area contributed by atoms with Crippen molar-refractivity contribution in [1.82, 2.24) is 4.98 Å². The number of nitrogens with zero attached hydrogens (tertiary/aromatic N) is 2. The summed E-state index contributed by atoms with van der Waals surface area (Å²) in [6.45, 7) is 5.60. The molecule has 0 radical (unpaired) electrons. The number of aromatic nitrogens is 1. The highest BCUT2D eigenvalue weighted by Gasteiger charge is 2.21. The van der Waals surface area contributed by atoms with Gasteiger partial charge in [-0.25, -0.2) is 4.98 Å². The Morgan fingerprint density at radius 3 is 3.05 bits per heavy atom. The maximum atomic E-state index is 6.12. The van der Waals surface area contributed by atoms with Crippen LogP contribution in [0.5, 0.6) is 0 Å². The third kappa shape index (κ3) is 3.69. The van der Waals surface area contributed by atoms with Crippen LogP contribution in [0.2, 0.25) is 0 Å². The van der Waals surface area contributed by atoms with Gasteiger partial charge in [0.15, 0.2) is 0 Å². The smallest absolute Gasteiger partial charge is 0.131 e. The molecule has 0 bridgehead atoms. The standard InChI is InChI=1S/C16H27N3/c1-3-15(17)12-14-9-7-10-18-16(14)19-11-6-4-5-8-13(19)2/h7,9-10,13,15H,3-6,8,11-12,17H2,1-2H3. The lowest BCUT2D eigenvalue weighted by Crippen LogP contribution is -2.34. The summed E-state index contributed by atoms with van der Waals surface area (Å²) in [5.41, 5.74) is 7.43. The predicted molar refractivity (Wildman–Crippen MR) is 81.5 cm³/mol. The van der Waals surface area contributed by atoms with Gasteiger partial charge in [0.1, 0.15) is 5.82 Å². The number of nitrogens with two attached hydrogens (primary N) is 1. The fraction of sp³-hybridized carbons (Fsp3) is 0.688. The normalized spacial score (nSPS) is 22.1. The first-order valence-corrected chi connectivity index (χ1v) is 7.68. The van der Waals surface area contributed by atoms with Gasteiger partial charge in [0.05, 0.1) is 0 Å². The van der Waals surface area contributed by atoms with Gasteiger partial charge in [0, 0.05) is 24.8 Å². The summed E-state index contributed by atoms with van der Waals surface area (Å²) < 4.78 is 0. The largest absolute Gasteiger partial charge is 0.354 e. The van der Waals surface area contributed by atoms with Crippen molar-refractivity contribution in [3.05, 3.63) is 23.9 Å². The summed E-state index contributed by atoms with van der Waals surface area (Å²) in [7, 11) is 0. The van der Waals surface area contributed by atoms with Crippen LogP contribution in [0.25, 0.3) is 0 Å². The third-order valence-corrected chi connectivity index (χ3v) is 4.20. The summed E-state index contributed by atoms with van der Waals surface area (Å²) in [6, 6.07) is 5.05. The molecule has 1 aliphatic rings. The van der Waals surface area contributed by atoms with Gasteiger partial charge in [-0.05, 0) is 44.2 Å². The Kier molecular flexibility index (Phi) is 5.20. The highest BCUT2D eigenvalue weighted by atomic mass is 15.2. The maximum Gasteiger partial charge on any atom is 0.131 e. The molecule has 19 heavy (non-hydrogen) atoms. The van der Waals surface area contributed by atoms with E-state index in [0.717, 1.165) is 19.4 Å². The molecule has 3 nitrogen and oxygen atoms in total. The second-order valence-corrected chi connectivity index (χ2v) is 5.75. The number of hydrogen-bond donors (Lipinski definition) is 1. The number of rotatable bonds is 4. The summed E-state index contributed by atoms with van der Waals surface area (Å²) in [5, 5.41) is 0. The first-order chi connectivity index (χ1) is 9.22. The Labute approximate surface area is 117 Å². The minimum atomic E-state index is 0.241. The number of anilines is 1. The first-order valence-electron chi connectivity index (χ1n) is 7.68. The Balaban J connectivity index is 2.22. The molecule has 1 fully saturated rings. The second kappa shape index (κ2) is 6.90. The molecule has 106 valence electrons. The van der Waals surface area contributed by atoms with Crippen molar-refractivity contribution < 1.29 is 0 Å². The molecular weight excluding hydrogens is 234 g/mol. The summed E-state index contributed by atoms with van der Waals surface area (Å²) in [6.07, 6.45) is 9.10. The van der Waals surface area contributed by atoms with Crippen LogP contribution in [0.4, 0.5) is 5.82 Å². The average Bonchev–Trinajstić information content (AvgIpc) is 2.64. The Bertz CT molecular complexity index is 391. The van der Waals surface area contributed by atoms with Crippen LogP contribution < -0.4 is 10.6 Å². The molecule has 1 aromatic heterocycles. The van der Waals surface area contributed by atoms with Crippen LogP contribution in [-0.4, -0.2) is 23.6 Å². The van der Waals surface area contributed by atoms with E-state index in [9.17, 15) is 0 Å². The minimum absolute atomic E-state index is 0.241. The first kappa shape index (κ1) is 14.3. The van der Waals surface area contributed by atoms with Crippen LogP contribution in [0.1, 0.15) is 51.5 Å². The van der Waals surface area contributed by atoms with E-state index in [1.165, 1.54) is 37.1 Å². The van der Waals surface area contributed by atoms with Gasteiger partial charge in [-0.3, -0.25) is 0 Å². The zero-order valence-corrected chi connectivity index (χ0v) is 12.3. The molecule has 0 saturated carbocycles. The van der Waals surface area contributed by atoms with Crippen LogP contribution in [0, 0.1) is 0 Å². The summed E-state index contributed by atoms with van der Waals surface area (Å²) in [5.74, 6) is 1.17. The Morgan fingerprint density at radius 2 is 2.26 bits per heavy atom. The van der Waals surface area contributed by atoms with Crippen molar-refractivity contribution in [2.75, 3.05) is 11.4 Å². The van der Waals surface area contributed by atoms with Gasteiger partial charge in [0.25, 0.3) is 0 Å². The van der Waals surface area contributed by atoms with Gasteiger partial charge < -0.3 is 10.6 Å². The molecule has 0 aromatic carbocycles. The average molecular weight is 261 g/mol. The molecule has 2 N–H and O–H groups in total. The van der Waals surface area contributed by atoms with Crippen LogP contribution >= 0.6 is 0 Å². The molecule has 1 aliphatic heterocycles. The van der Waals surface area contributed by atoms with Crippen molar-refractivity contribution in [2.45, 2.75) is 64.5 Å². The molecule has 0 spiro atoms. The van der Waals surface area contributed by atoms with Crippen molar-refractivity contribution in [3.8, 4) is 0 Å². The van der Waals surface area contributed by atoms with E-state index in [-0.39, 0.29) is 6.04 Å². The van der Waals surface area contributed by atoms with E-state index in [2.05, 4.69) is 29.8 Å². The van der Waals surface area contributed by atoms with E-state index < -0.39 is 0 Å². The Morgan fingerprint density at radius 1 is 1.42 bits per heavy atom. The Hall–Kier alpha value is -1.09. The number of pyridine rings is 1. The highest BCUT2D eigenvalue weighted by Crippen LogP contribution is 2.26. The maximum absolute atomic E-state index is 6.12. The third-order valence-electron chi connectivity index (χ3n) is 4.20. The zero-order valence-electron chi connectivity index (χ0n) is 12.3. The van der Waals surface area contributed by atoms with Crippen molar-refractivity contribution in [1.29, 1.82) is 0 Å². The monoisotopic (exact) mass is 261 g/mol. The van der Waals surface area contributed by atoms with E-state index in [0.29, 0.717) is 6.04 Å². The second-order valence-electron chi connectivity index (χ2n) is 5.75. The number of hydrogen-bond acceptors (Lipinski definition) is 3. The zero-order chi connectivity index (χ0) is 13.7. The van der Waals surface area contributed by atoms with Crippen LogP contribution in [0.3, 0.4) is 0 Å². The summed E-state index contributed by atoms with van der Waals surface area (Å²) >= 11 is 0. The molecule has 0 aliphatic carbocycles. The van der Waals surface area contributed by atoms with E-state index >= 15 is 0 Å². The molecule has 2 heterocycles. The van der Waals surface area contributed by atoms with E-state index in [1.807, 2.05) is 12.3 Å². The van der Waals surface area contributed by atoms with Gasteiger partial charge >= 0.3 is 0 Å². The lowest BCUT2D eigenvalue weighted by molar-refractivity contribution is 0.601. The van der Waals surface area contributed by atoms with Crippen molar-refractivity contribution in [3.63, 3.8) is 0 Å². The van der Waals surface area contributed by atoms with Crippen molar-refractivity contribution >= 4 is 5.82 Å². The summed E-state index contributed by atoms with van der Waals surface area (Å²) in [4.78, 5) is 7.14. The highest BCUT2D eigenvalue weighted by molar-refractivity contribution is 5.48. The van der Waals surface area contributed by atoms with Crippen LogP contribution in [0.15, 0.2) is 18.3 Å². The van der Waals surface area contributed by atoms with Crippen molar-refractivity contribution in [2.24, 2.45) is 5.73 Å². The van der Waals surface area contributed by atoms with Crippen LogP contribution in [-0.2, 0) is 6.42 Å². The SMILES string of the molecule is CCC(N)Cc1cccnc1N1CCCCCC1C. The van der Waals surface area contributed by atoms with Gasteiger partial charge in [-0.15, -0.1) is 0 Å². The molecule has 2 unspecified atom stereocenters. The topological polar surface area (TPSA) is 42.1 Å². The van der Waals surface area contributed by atoms with Gasteiger partial charge in [0.2, 0.25) is 0 Å². The molecule has 1 saturated heterocycles. The van der Waals surface area contributed by atoms with E-state index in [4.69, 9.17) is 5.73 Å². The quantitative estimate of drug-likeness (QED) is 0.905. The predicted octanol–water partition coefficient (Wildman–Crippen LogP) is 3.13. The molecular formula is C16H27N3. The van der Waals surface area contributed by atoms with E-state index in [1.54, 1.807) is 0 Å². The fourth-order valence-corrected chi connectivity index (χ4v) is 2.86. The molecule has 1 aromatic rings. The lowest BCUT2D eigenvalue weighted by Gasteiger charge is -2.30. The lowest BCUT2D eigenvalue weighted by atomic mass is 10.0. The molecule has 0 amide bonds. The minimum Gasteiger partial charge on any atom is -0.354 e. The fourth-order valence-electron chi connectivity index (χ4n) is 2.86.